The van der Waals surface area contributed by atoms with Gasteiger partial charge >= 0.3 is 0 Å². The summed E-state index contributed by atoms with van der Waals surface area (Å²) in [5, 5.41) is 3.62. The molecule has 1 atom stereocenters. The summed E-state index contributed by atoms with van der Waals surface area (Å²) in [7, 11) is 0. The van der Waals surface area contributed by atoms with E-state index in [1.807, 2.05) is 71.9 Å². The summed E-state index contributed by atoms with van der Waals surface area (Å²) in [5.41, 5.74) is 2.63. The van der Waals surface area contributed by atoms with Crippen molar-refractivity contribution < 1.29 is 14.3 Å². The van der Waals surface area contributed by atoms with Crippen molar-refractivity contribution in [1.29, 1.82) is 0 Å². The molecule has 5 nitrogen and oxygen atoms in total. The zero-order valence-corrected chi connectivity index (χ0v) is 20.0. The van der Waals surface area contributed by atoms with Crippen molar-refractivity contribution in [2.45, 2.75) is 66.1 Å². The van der Waals surface area contributed by atoms with Crippen LogP contribution in [0.1, 0.15) is 50.8 Å². The van der Waals surface area contributed by atoms with E-state index in [-0.39, 0.29) is 18.4 Å². The van der Waals surface area contributed by atoms with E-state index in [1.54, 1.807) is 17.0 Å². The molecule has 1 N–H and O–H groups in total. The second-order valence-corrected chi connectivity index (χ2v) is 9.36. The SMILES string of the molecule is CC[C@@H](C(=O)NC(C)(C)C)N(Cc1ccc(Cl)cc1)C(=O)COc1cc(C)cc(C)c1. The van der Waals surface area contributed by atoms with E-state index in [0.29, 0.717) is 23.7 Å². The Kier molecular flexibility index (Phi) is 8.52. The van der Waals surface area contributed by atoms with Crippen molar-refractivity contribution in [3.63, 3.8) is 0 Å². The average Bonchev–Trinajstić information content (AvgIpc) is 2.65. The van der Waals surface area contributed by atoms with Crippen molar-refractivity contribution >= 4 is 23.4 Å². The van der Waals surface area contributed by atoms with Crippen LogP contribution in [0.3, 0.4) is 0 Å². The second-order valence-electron chi connectivity index (χ2n) is 8.92. The highest BCUT2D eigenvalue weighted by molar-refractivity contribution is 6.30. The van der Waals surface area contributed by atoms with Gasteiger partial charge in [-0.25, -0.2) is 0 Å². The fourth-order valence-electron chi connectivity index (χ4n) is 3.40. The molecule has 0 aliphatic carbocycles. The van der Waals surface area contributed by atoms with Crippen LogP contribution >= 0.6 is 11.6 Å². The largest absolute Gasteiger partial charge is 0.484 e. The lowest BCUT2D eigenvalue weighted by molar-refractivity contribution is -0.143. The Hall–Kier alpha value is -2.53. The van der Waals surface area contributed by atoms with Crippen molar-refractivity contribution in [3.8, 4) is 5.75 Å². The number of hydrogen-bond donors (Lipinski definition) is 1. The Labute approximate surface area is 190 Å². The molecule has 0 radical (unpaired) electrons. The van der Waals surface area contributed by atoms with E-state index in [4.69, 9.17) is 16.3 Å². The molecule has 2 aromatic rings. The highest BCUT2D eigenvalue weighted by Crippen LogP contribution is 2.19. The van der Waals surface area contributed by atoms with Gasteiger partial charge in [0.1, 0.15) is 11.8 Å². The molecule has 2 aromatic carbocycles. The molecule has 0 fully saturated rings. The Balaban J connectivity index is 2.24. The number of carbonyl (C=O) groups is 2. The Bertz CT molecular complexity index is 884. The molecule has 0 bridgehead atoms. The van der Waals surface area contributed by atoms with Crippen LogP contribution in [0.2, 0.25) is 5.02 Å². The molecule has 0 unspecified atom stereocenters. The normalized spacial score (nSPS) is 12.2. The number of nitrogens with zero attached hydrogens (tertiary/aromatic N) is 1. The van der Waals surface area contributed by atoms with Crippen LogP contribution in [-0.2, 0) is 16.1 Å². The highest BCUT2D eigenvalue weighted by atomic mass is 35.5. The number of carbonyl (C=O) groups excluding carboxylic acids is 2. The minimum absolute atomic E-state index is 0.143. The third kappa shape index (κ3) is 7.91. The molecular formula is C25H33ClN2O3. The molecule has 0 saturated heterocycles. The lowest BCUT2D eigenvalue weighted by atomic mass is 10.1. The molecule has 31 heavy (non-hydrogen) atoms. The van der Waals surface area contributed by atoms with Gasteiger partial charge in [-0.3, -0.25) is 9.59 Å². The first-order chi connectivity index (χ1) is 14.5. The number of rotatable bonds is 8. The fourth-order valence-corrected chi connectivity index (χ4v) is 3.53. The van der Waals surface area contributed by atoms with Crippen molar-refractivity contribution in [2.75, 3.05) is 6.61 Å². The fraction of sp³-hybridized carbons (Fsp3) is 0.440. The second kappa shape index (κ2) is 10.7. The predicted octanol–water partition coefficient (Wildman–Crippen LogP) is 5.06. The van der Waals surface area contributed by atoms with Crippen LogP contribution in [0.5, 0.6) is 5.75 Å². The number of hydrogen-bond acceptors (Lipinski definition) is 3. The van der Waals surface area contributed by atoms with Gasteiger partial charge in [-0.1, -0.05) is 36.7 Å². The first-order valence-electron chi connectivity index (χ1n) is 10.6. The van der Waals surface area contributed by atoms with E-state index in [1.165, 1.54) is 0 Å². The summed E-state index contributed by atoms with van der Waals surface area (Å²) in [6.07, 6.45) is 0.491. The van der Waals surface area contributed by atoms with Gasteiger partial charge in [0.2, 0.25) is 5.91 Å². The van der Waals surface area contributed by atoms with Gasteiger partial charge in [0.05, 0.1) is 0 Å². The molecule has 6 heteroatoms. The molecule has 0 aliphatic rings. The maximum absolute atomic E-state index is 13.2. The smallest absolute Gasteiger partial charge is 0.261 e. The number of halogens is 1. The number of nitrogens with one attached hydrogen (secondary N) is 1. The molecule has 0 heterocycles. The first-order valence-corrected chi connectivity index (χ1v) is 10.9. The summed E-state index contributed by atoms with van der Waals surface area (Å²) >= 11 is 6.00. The van der Waals surface area contributed by atoms with E-state index >= 15 is 0 Å². The van der Waals surface area contributed by atoms with Gasteiger partial charge in [0, 0.05) is 17.1 Å². The van der Waals surface area contributed by atoms with E-state index in [2.05, 4.69) is 5.32 Å². The topological polar surface area (TPSA) is 58.6 Å². The summed E-state index contributed by atoms with van der Waals surface area (Å²) in [6.45, 7) is 11.8. The summed E-state index contributed by atoms with van der Waals surface area (Å²) < 4.78 is 5.80. The number of aryl methyl sites for hydroxylation is 2. The maximum Gasteiger partial charge on any atom is 0.261 e. The van der Waals surface area contributed by atoms with Crippen LogP contribution < -0.4 is 10.1 Å². The third-order valence-corrected chi connectivity index (χ3v) is 4.96. The number of ether oxygens (including phenoxy) is 1. The summed E-state index contributed by atoms with van der Waals surface area (Å²) in [6, 6.07) is 12.5. The Morgan fingerprint density at radius 1 is 1.06 bits per heavy atom. The molecule has 0 aromatic heterocycles. The zero-order valence-electron chi connectivity index (χ0n) is 19.3. The van der Waals surface area contributed by atoms with Gasteiger partial charge in [-0.2, -0.15) is 0 Å². The monoisotopic (exact) mass is 444 g/mol. The molecule has 2 amide bonds. The minimum Gasteiger partial charge on any atom is -0.484 e. The molecule has 0 spiro atoms. The lowest BCUT2D eigenvalue weighted by Crippen LogP contribution is -2.54. The third-order valence-electron chi connectivity index (χ3n) is 4.71. The summed E-state index contributed by atoms with van der Waals surface area (Å²) in [5.74, 6) is 0.221. The predicted molar refractivity (Wildman–Crippen MR) is 125 cm³/mol. The van der Waals surface area contributed by atoms with Gasteiger partial charge in [-0.05, 0) is 82.0 Å². The Morgan fingerprint density at radius 2 is 1.65 bits per heavy atom. The standard InChI is InChI=1S/C25H33ClN2O3/c1-7-22(24(30)27-25(4,5)6)28(15-19-8-10-20(26)11-9-19)23(29)16-31-21-13-17(2)12-18(3)14-21/h8-14,22H,7,15-16H2,1-6H3,(H,27,30)/t22-/m0/s1. The Morgan fingerprint density at radius 3 is 2.16 bits per heavy atom. The van der Waals surface area contributed by atoms with Gasteiger partial charge in [0.25, 0.3) is 5.91 Å². The highest BCUT2D eigenvalue weighted by Gasteiger charge is 2.30. The van der Waals surface area contributed by atoms with Gasteiger partial charge in [-0.15, -0.1) is 0 Å². The van der Waals surface area contributed by atoms with Gasteiger partial charge in [0.15, 0.2) is 6.61 Å². The first kappa shape index (κ1) is 24.7. The van der Waals surface area contributed by atoms with E-state index in [0.717, 1.165) is 16.7 Å². The quantitative estimate of drug-likeness (QED) is 0.619. The number of benzene rings is 2. The van der Waals surface area contributed by atoms with Gasteiger partial charge < -0.3 is 15.0 Å². The van der Waals surface area contributed by atoms with E-state index in [9.17, 15) is 9.59 Å². The molecular weight excluding hydrogens is 412 g/mol. The lowest BCUT2D eigenvalue weighted by Gasteiger charge is -2.33. The average molecular weight is 445 g/mol. The van der Waals surface area contributed by atoms with Crippen molar-refractivity contribution in [2.24, 2.45) is 0 Å². The molecule has 0 saturated carbocycles. The van der Waals surface area contributed by atoms with Crippen LogP contribution in [0.25, 0.3) is 0 Å². The van der Waals surface area contributed by atoms with Crippen LogP contribution in [-0.4, -0.2) is 34.9 Å². The maximum atomic E-state index is 13.2. The number of amides is 2. The van der Waals surface area contributed by atoms with E-state index < -0.39 is 11.6 Å². The van der Waals surface area contributed by atoms with Crippen LogP contribution in [0.4, 0.5) is 0 Å². The minimum atomic E-state index is -0.606. The summed E-state index contributed by atoms with van der Waals surface area (Å²) in [4.78, 5) is 27.8. The molecule has 2 rings (SSSR count). The zero-order chi connectivity index (χ0) is 23.2. The molecule has 168 valence electrons. The molecule has 0 aliphatic heterocycles. The van der Waals surface area contributed by atoms with Crippen LogP contribution in [0, 0.1) is 13.8 Å². The van der Waals surface area contributed by atoms with Crippen molar-refractivity contribution in [1.82, 2.24) is 10.2 Å². The van der Waals surface area contributed by atoms with Crippen LogP contribution in [0.15, 0.2) is 42.5 Å². The van der Waals surface area contributed by atoms with Crippen molar-refractivity contribution in [3.05, 3.63) is 64.2 Å².